The Morgan fingerprint density at radius 1 is 1.03 bits per heavy atom. The monoisotopic (exact) mass is 394 g/mol. The molecule has 0 aliphatic rings. The number of aromatic amines is 1. The Bertz CT molecular complexity index is 1260. The smallest absolute Gasteiger partial charge is 0.199 e. The fourth-order valence-electron chi connectivity index (χ4n) is 3.57. The number of hydrogen-bond acceptors (Lipinski definition) is 4. The number of hydrogen-bond donors (Lipinski definition) is 2. The molecular weight excluding hydrogens is 372 g/mol. The molecule has 0 aliphatic carbocycles. The molecule has 5 heteroatoms. The largest absolute Gasteiger partial charge is 0.494 e. The second-order valence-corrected chi connectivity index (χ2v) is 7.45. The molecule has 1 heterocycles. The molecule has 0 fully saturated rings. The molecule has 0 aliphatic heterocycles. The number of aliphatic imine (C=N–C) groups is 1. The van der Waals surface area contributed by atoms with Crippen LogP contribution in [0.4, 0.5) is 5.69 Å². The highest BCUT2D eigenvalue weighted by molar-refractivity contribution is 6.21. The molecule has 4 aromatic rings. The van der Waals surface area contributed by atoms with Crippen LogP contribution in [-0.2, 0) is 6.54 Å². The number of nitrogens with zero attached hydrogens (tertiary/aromatic N) is 3. The summed E-state index contributed by atoms with van der Waals surface area (Å²) in [6.07, 6.45) is 0. The van der Waals surface area contributed by atoms with Crippen LogP contribution in [0.25, 0.3) is 10.9 Å². The number of nitriles is 1. The van der Waals surface area contributed by atoms with E-state index in [4.69, 9.17) is 4.99 Å². The molecule has 0 bridgehead atoms. The predicted octanol–water partition coefficient (Wildman–Crippen LogP) is 4.98. The van der Waals surface area contributed by atoms with Gasteiger partial charge in [-0.3, -0.25) is 0 Å². The lowest BCUT2D eigenvalue weighted by atomic mass is 10.00. The maximum Gasteiger partial charge on any atom is 0.199 e. The summed E-state index contributed by atoms with van der Waals surface area (Å²) in [5.74, 6) is 0.0344. The van der Waals surface area contributed by atoms with Crippen molar-refractivity contribution in [3.05, 3.63) is 95.1 Å². The number of aromatic hydroxyl groups is 1. The van der Waals surface area contributed by atoms with Crippen molar-refractivity contribution in [1.29, 1.82) is 5.26 Å². The molecule has 0 saturated heterocycles. The maximum absolute atomic E-state index is 10.8. The van der Waals surface area contributed by atoms with Crippen LogP contribution in [0.3, 0.4) is 0 Å². The Morgan fingerprint density at radius 3 is 2.57 bits per heavy atom. The third kappa shape index (κ3) is 3.95. The van der Waals surface area contributed by atoms with Crippen LogP contribution in [0.5, 0.6) is 5.88 Å². The van der Waals surface area contributed by atoms with Gasteiger partial charge in [-0.1, -0.05) is 48.5 Å². The molecule has 4 rings (SSSR count). The Labute approximate surface area is 175 Å². The Kier molecular flexibility index (Phi) is 5.34. The van der Waals surface area contributed by atoms with Crippen molar-refractivity contribution in [2.24, 2.45) is 4.99 Å². The second-order valence-electron chi connectivity index (χ2n) is 7.45. The number of H-pyrrole nitrogens is 1. The standard InChI is InChI=1S/C25H22N4O/c1-29(2)16-18-7-6-10-20(13-18)27-24(19-8-4-3-5-9-19)23-21-12-11-17(15-26)14-22(21)28-25(23)30/h3-14,28,30H,16H2,1-2H3. The maximum atomic E-state index is 10.8. The SMILES string of the molecule is CN(C)Cc1cccc(N=C(c2ccccc2)c2c(O)[nH]c3cc(C#N)ccc23)c1. The Balaban J connectivity index is 1.91. The van der Waals surface area contributed by atoms with Crippen LogP contribution in [0.1, 0.15) is 22.3 Å². The Morgan fingerprint density at radius 2 is 1.83 bits per heavy atom. The Hall–Kier alpha value is -3.88. The van der Waals surface area contributed by atoms with E-state index in [0.717, 1.165) is 28.7 Å². The number of rotatable bonds is 5. The third-order valence-corrected chi connectivity index (χ3v) is 4.84. The van der Waals surface area contributed by atoms with Crippen LogP contribution in [0, 0.1) is 11.3 Å². The molecular formula is C25H22N4O. The highest BCUT2D eigenvalue weighted by Gasteiger charge is 2.19. The van der Waals surface area contributed by atoms with E-state index in [0.29, 0.717) is 22.4 Å². The zero-order valence-corrected chi connectivity index (χ0v) is 16.9. The molecule has 1 aromatic heterocycles. The summed E-state index contributed by atoms with van der Waals surface area (Å²) in [6, 6.07) is 25.4. The van der Waals surface area contributed by atoms with Crippen molar-refractivity contribution < 1.29 is 5.11 Å². The lowest BCUT2D eigenvalue weighted by molar-refractivity contribution is 0.402. The molecule has 0 atom stereocenters. The molecule has 148 valence electrons. The zero-order valence-electron chi connectivity index (χ0n) is 16.9. The van der Waals surface area contributed by atoms with Crippen LogP contribution >= 0.6 is 0 Å². The summed E-state index contributed by atoms with van der Waals surface area (Å²) >= 11 is 0. The van der Waals surface area contributed by atoms with Gasteiger partial charge in [0.1, 0.15) is 0 Å². The zero-order chi connectivity index (χ0) is 21.1. The van der Waals surface area contributed by atoms with Gasteiger partial charge in [0.25, 0.3) is 0 Å². The molecule has 30 heavy (non-hydrogen) atoms. The van der Waals surface area contributed by atoms with Gasteiger partial charge in [-0.2, -0.15) is 5.26 Å². The molecule has 0 unspecified atom stereocenters. The number of aromatic nitrogens is 1. The van der Waals surface area contributed by atoms with Crippen LogP contribution in [0.2, 0.25) is 0 Å². The van der Waals surface area contributed by atoms with Gasteiger partial charge in [0, 0.05) is 17.5 Å². The van der Waals surface area contributed by atoms with Gasteiger partial charge in [-0.15, -0.1) is 0 Å². The quantitative estimate of drug-likeness (QED) is 0.469. The first-order chi connectivity index (χ1) is 14.5. The molecule has 0 radical (unpaired) electrons. The third-order valence-electron chi connectivity index (χ3n) is 4.84. The van der Waals surface area contributed by atoms with Crippen molar-refractivity contribution in [2.75, 3.05) is 14.1 Å². The van der Waals surface area contributed by atoms with E-state index in [1.54, 1.807) is 12.1 Å². The minimum Gasteiger partial charge on any atom is -0.494 e. The number of nitrogens with one attached hydrogen (secondary N) is 1. The first kappa shape index (κ1) is 19.4. The topological polar surface area (TPSA) is 75.4 Å². The van der Waals surface area contributed by atoms with Gasteiger partial charge in [0.05, 0.1) is 34.1 Å². The number of fused-ring (bicyclic) bond motifs is 1. The highest BCUT2D eigenvalue weighted by Crippen LogP contribution is 2.32. The van der Waals surface area contributed by atoms with E-state index in [2.05, 4.69) is 28.1 Å². The molecule has 0 amide bonds. The fourth-order valence-corrected chi connectivity index (χ4v) is 3.57. The van der Waals surface area contributed by atoms with E-state index < -0.39 is 0 Å². The van der Waals surface area contributed by atoms with E-state index in [-0.39, 0.29) is 5.88 Å². The number of benzene rings is 3. The highest BCUT2D eigenvalue weighted by atomic mass is 16.3. The van der Waals surface area contributed by atoms with Crippen molar-refractivity contribution in [1.82, 2.24) is 9.88 Å². The second kappa shape index (κ2) is 8.24. The molecule has 2 N–H and O–H groups in total. The molecule has 0 spiro atoms. The van der Waals surface area contributed by atoms with Gasteiger partial charge >= 0.3 is 0 Å². The van der Waals surface area contributed by atoms with Crippen LogP contribution in [0.15, 0.2) is 77.8 Å². The van der Waals surface area contributed by atoms with Gasteiger partial charge in [0.15, 0.2) is 5.88 Å². The average Bonchev–Trinajstić information content (AvgIpc) is 3.07. The van der Waals surface area contributed by atoms with Gasteiger partial charge in [-0.05, 0) is 43.9 Å². The van der Waals surface area contributed by atoms with Crippen molar-refractivity contribution >= 4 is 22.3 Å². The first-order valence-electron chi connectivity index (χ1n) is 9.68. The fraction of sp³-hybridized carbons (Fsp3) is 0.120. The lowest BCUT2D eigenvalue weighted by Gasteiger charge is -2.11. The van der Waals surface area contributed by atoms with Crippen molar-refractivity contribution in [3.63, 3.8) is 0 Å². The van der Waals surface area contributed by atoms with Gasteiger partial charge < -0.3 is 15.0 Å². The normalized spacial score (nSPS) is 11.7. The van der Waals surface area contributed by atoms with E-state index in [1.165, 1.54) is 0 Å². The van der Waals surface area contributed by atoms with E-state index in [1.807, 2.05) is 62.6 Å². The summed E-state index contributed by atoms with van der Waals surface area (Å²) in [5.41, 5.74) is 5.41. The lowest BCUT2D eigenvalue weighted by Crippen LogP contribution is -2.10. The van der Waals surface area contributed by atoms with E-state index in [9.17, 15) is 10.4 Å². The molecule has 5 nitrogen and oxygen atoms in total. The molecule has 0 saturated carbocycles. The van der Waals surface area contributed by atoms with E-state index >= 15 is 0 Å². The summed E-state index contributed by atoms with van der Waals surface area (Å²) in [6.45, 7) is 0.819. The van der Waals surface area contributed by atoms with Gasteiger partial charge in [0.2, 0.25) is 0 Å². The van der Waals surface area contributed by atoms with Gasteiger partial charge in [-0.25, -0.2) is 4.99 Å². The van der Waals surface area contributed by atoms with Crippen molar-refractivity contribution in [3.8, 4) is 11.9 Å². The van der Waals surface area contributed by atoms with Crippen LogP contribution in [-0.4, -0.2) is 34.8 Å². The summed E-state index contributed by atoms with van der Waals surface area (Å²) < 4.78 is 0. The summed E-state index contributed by atoms with van der Waals surface area (Å²) in [5, 5.41) is 20.8. The minimum absolute atomic E-state index is 0.0344. The first-order valence-corrected chi connectivity index (χ1v) is 9.68. The van der Waals surface area contributed by atoms with Crippen LogP contribution < -0.4 is 0 Å². The molecule has 3 aromatic carbocycles. The summed E-state index contributed by atoms with van der Waals surface area (Å²) in [4.78, 5) is 10.0. The van der Waals surface area contributed by atoms with Crippen molar-refractivity contribution in [2.45, 2.75) is 6.54 Å². The minimum atomic E-state index is 0.0344. The predicted molar refractivity (Wildman–Crippen MR) is 120 cm³/mol. The summed E-state index contributed by atoms with van der Waals surface area (Å²) in [7, 11) is 4.07. The average molecular weight is 394 g/mol.